The van der Waals surface area contributed by atoms with E-state index in [0.717, 1.165) is 39.9 Å². The Bertz CT molecular complexity index is 904. The number of benzene rings is 1. The van der Waals surface area contributed by atoms with E-state index in [0.29, 0.717) is 22.5 Å². The van der Waals surface area contributed by atoms with Crippen molar-refractivity contribution in [2.45, 2.75) is 19.3 Å². The topological polar surface area (TPSA) is 79.1 Å². The van der Waals surface area contributed by atoms with E-state index < -0.39 is 5.97 Å². The molecule has 2 heterocycles. The molecule has 4 nitrogen and oxygen atoms in total. The molecule has 24 heavy (non-hydrogen) atoms. The van der Waals surface area contributed by atoms with Crippen LogP contribution in [0.4, 0.5) is 0 Å². The number of carboxylic acids is 1. The molecule has 3 aromatic rings. The Balaban J connectivity index is 2.29. The average Bonchev–Trinajstić information content (AvgIpc) is 3.12. The fourth-order valence-corrected chi connectivity index (χ4v) is 4.68. The summed E-state index contributed by atoms with van der Waals surface area (Å²) in [7, 11) is 0. The van der Waals surface area contributed by atoms with Gasteiger partial charge in [-0.1, -0.05) is 11.6 Å². The highest BCUT2D eigenvalue weighted by Gasteiger charge is 2.22. The van der Waals surface area contributed by atoms with Crippen molar-refractivity contribution in [2.75, 3.05) is 6.54 Å². The van der Waals surface area contributed by atoms with Crippen LogP contribution in [-0.2, 0) is 6.42 Å². The van der Waals surface area contributed by atoms with Crippen molar-refractivity contribution in [3.63, 3.8) is 0 Å². The third-order valence-corrected chi connectivity index (χ3v) is 6.13. The number of hydrogen-bond donors (Lipinski definition) is 3. The van der Waals surface area contributed by atoms with Gasteiger partial charge < -0.3 is 15.8 Å². The van der Waals surface area contributed by atoms with E-state index in [2.05, 4.69) is 20.9 Å². The summed E-state index contributed by atoms with van der Waals surface area (Å²) >= 11 is 11.5. The molecule has 0 unspecified atom stereocenters. The number of thiophene rings is 1. The van der Waals surface area contributed by atoms with Crippen LogP contribution in [0, 0.1) is 0 Å². The number of H-pyrrole nitrogens is 1. The summed E-state index contributed by atoms with van der Waals surface area (Å²) < 4.78 is 0.979. The minimum atomic E-state index is -0.951. The van der Waals surface area contributed by atoms with Crippen LogP contribution in [0.1, 0.15) is 28.8 Å². The molecule has 0 amide bonds. The number of aryl methyl sites for hydroxylation is 1. The molecule has 0 aliphatic rings. The number of nitrogens with two attached hydrogens (primary N) is 1. The summed E-state index contributed by atoms with van der Waals surface area (Å²) in [6.07, 6.45) is 2.53. The van der Waals surface area contributed by atoms with Crippen molar-refractivity contribution in [1.82, 2.24) is 4.98 Å². The van der Waals surface area contributed by atoms with Gasteiger partial charge in [0.05, 0.1) is 26.7 Å². The molecule has 0 saturated carbocycles. The number of fused-ring (bicyclic) bond motifs is 1. The van der Waals surface area contributed by atoms with Gasteiger partial charge in [0, 0.05) is 9.86 Å². The van der Waals surface area contributed by atoms with Gasteiger partial charge in [0.2, 0.25) is 0 Å². The molecule has 0 atom stereocenters. The third kappa shape index (κ3) is 3.11. The fraction of sp³-hybridized carbons (Fsp3) is 0.235. The standard InChI is InChI=1S/C17H16BrClN2O2S/c18-11-6-8-24-16(11)14-9(3-1-2-7-20)13-10(17(22)23)4-5-12(19)15(13)21-14/h4-6,8,21H,1-3,7,20H2,(H,22,23). The van der Waals surface area contributed by atoms with Crippen molar-refractivity contribution in [1.29, 1.82) is 0 Å². The molecule has 1 aromatic carbocycles. The second kappa shape index (κ2) is 7.27. The van der Waals surface area contributed by atoms with Gasteiger partial charge in [-0.25, -0.2) is 4.79 Å². The predicted octanol–water partition coefficient (Wildman–Crippen LogP) is 5.29. The van der Waals surface area contributed by atoms with E-state index in [1.807, 2.05) is 11.4 Å². The molecule has 0 aliphatic heterocycles. The molecule has 4 N–H and O–H groups in total. The smallest absolute Gasteiger partial charge is 0.336 e. The summed E-state index contributed by atoms with van der Waals surface area (Å²) in [5.41, 5.74) is 8.47. The fourth-order valence-electron chi connectivity index (χ4n) is 2.88. The molecule has 0 spiro atoms. The Morgan fingerprint density at radius 1 is 1.33 bits per heavy atom. The van der Waals surface area contributed by atoms with Crippen molar-refractivity contribution >= 4 is 55.7 Å². The van der Waals surface area contributed by atoms with Crippen molar-refractivity contribution in [3.05, 3.63) is 44.2 Å². The Labute approximate surface area is 156 Å². The van der Waals surface area contributed by atoms with Gasteiger partial charge in [-0.3, -0.25) is 0 Å². The quantitative estimate of drug-likeness (QED) is 0.467. The lowest BCUT2D eigenvalue weighted by Crippen LogP contribution is -2.01. The molecule has 7 heteroatoms. The van der Waals surface area contributed by atoms with Crippen molar-refractivity contribution < 1.29 is 9.90 Å². The predicted molar refractivity (Wildman–Crippen MR) is 103 cm³/mol. The second-order valence-corrected chi connectivity index (χ2v) is 7.65. The number of carboxylic acid groups (broad SMARTS) is 1. The monoisotopic (exact) mass is 426 g/mol. The van der Waals surface area contributed by atoms with E-state index in [9.17, 15) is 9.90 Å². The second-order valence-electron chi connectivity index (χ2n) is 5.47. The maximum absolute atomic E-state index is 11.7. The number of rotatable bonds is 6. The molecule has 0 radical (unpaired) electrons. The number of hydrogen-bond acceptors (Lipinski definition) is 3. The Morgan fingerprint density at radius 3 is 2.75 bits per heavy atom. The molecule has 2 aromatic heterocycles. The highest BCUT2D eigenvalue weighted by atomic mass is 79.9. The highest BCUT2D eigenvalue weighted by molar-refractivity contribution is 9.10. The summed E-state index contributed by atoms with van der Waals surface area (Å²) in [5, 5.41) is 12.8. The van der Waals surface area contributed by atoms with Gasteiger partial charge in [0.1, 0.15) is 0 Å². The lowest BCUT2D eigenvalue weighted by molar-refractivity contribution is 0.0699. The average molecular weight is 428 g/mol. The molecule has 0 bridgehead atoms. The lowest BCUT2D eigenvalue weighted by atomic mass is 9.99. The molecule has 0 aliphatic carbocycles. The third-order valence-electron chi connectivity index (χ3n) is 3.96. The van der Waals surface area contributed by atoms with Crippen molar-refractivity contribution in [2.24, 2.45) is 5.73 Å². The minimum absolute atomic E-state index is 0.271. The molecular formula is C17H16BrClN2O2S. The van der Waals surface area contributed by atoms with E-state index in [1.54, 1.807) is 23.5 Å². The van der Waals surface area contributed by atoms with E-state index in [1.165, 1.54) is 0 Å². The van der Waals surface area contributed by atoms with Crippen LogP contribution < -0.4 is 5.73 Å². The molecule has 0 saturated heterocycles. The lowest BCUT2D eigenvalue weighted by Gasteiger charge is -2.06. The first-order valence-electron chi connectivity index (χ1n) is 7.54. The molecule has 126 valence electrons. The zero-order valence-corrected chi connectivity index (χ0v) is 15.9. The van der Waals surface area contributed by atoms with Gasteiger partial charge in [-0.05, 0) is 70.9 Å². The first kappa shape index (κ1) is 17.5. The summed E-state index contributed by atoms with van der Waals surface area (Å²) in [6.45, 7) is 0.618. The number of carbonyl (C=O) groups is 1. The van der Waals surface area contributed by atoms with Crippen LogP contribution in [0.5, 0.6) is 0 Å². The Kier molecular flexibility index (Phi) is 5.30. The number of aromatic amines is 1. The maximum atomic E-state index is 11.7. The van der Waals surface area contributed by atoms with E-state index in [4.69, 9.17) is 17.3 Å². The van der Waals surface area contributed by atoms with Crippen LogP contribution in [0.25, 0.3) is 21.5 Å². The normalized spacial score (nSPS) is 11.3. The first-order chi connectivity index (χ1) is 11.5. The van der Waals surface area contributed by atoms with E-state index in [-0.39, 0.29) is 5.56 Å². The van der Waals surface area contributed by atoms with Crippen LogP contribution in [0.2, 0.25) is 5.02 Å². The zero-order chi connectivity index (χ0) is 17.3. The summed E-state index contributed by atoms with van der Waals surface area (Å²) in [5.74, 6) is -0.951. The van der Waals surface area contributed by atoms with Crippen LogP contribution in [0.15, 0.2) is 28.1 Å². The van der Waals surface area contributed by atoms with Crippen LogP contribution >= 0.6 is 38.9 Å². The van der Waals surface area contributed by atoms with Gasteiger partial charge in [0.25, 0.3) is 0 Å². The van der Waals surface area contributed by atoms with Gasteiger partial charge in [-0.15, -0.1) is 11.3 Å². The summed E-state index contributed by atoms with van der Waals surface area (Å²) in [6, 6.07) is 5.18. The number of aromatic carboxylic acids is 1. The number of aromatic nitrogens is 1. The largest absolute Gasteiger partial charge is 0.478 e. The molecular weight excluding hydrogens is 412 g/mol. The van der Waals surface area contributed by atoms with E-state index >= 15 is 0 Å². The summed E-state index contributed by atoms with van der Waals surface area (Å²) in [4.78, 5) is 16.1. The number of nitrogens with one attached hydrogen (secondary N) is 1. The molecule has 3 rings (SSSR count). The Morgan fingerprint density at radius 2 is 2.12 bits per heavy atom. The highest BCUT2D eigenvalue weighted by Crippen LogP contribution is 2.41. The number of halogens is 2. The van der Waals surface area contributed by atoms with Crippen molar-refractivity contribution in [3.8, 4) is 10.6 Å². The first-order valence-corrected chi connectivity index (χ1v) is 9.59. The zero-order valence-electron chi connectivity index (χ0n) is 12.7. The maximum Gasteiger partial charge on any atom is 0.336 e. The van der Waals surface area contributed by atoms with Crippen LogP contribution in [0.3, 0.4) is 0 Å². The van der Waals surface area contributed by atoms with Crippen LogP contribution in [-0.4, -0.2) is 22.6 Å². The SMILES string of the molecule is NCCCCc1c(-c2sccc2Br)[nH]c2c(Cl)ccc(C(=O)O)c12. The van der Waals surface area contributed by atoms with Gasteiger partial charge >= 0.3 is 5.97 Å². The van der Waals surface area contributed by atoms with Gasteiger partial charge in [-0.2, -0.15) is 0 Å². The van der Waals surface area contributed by atoms with Gasteiger partial charge in [0.15, 0.2) is 0 Å². The minimum Gasteiger partial charge on any atom is -0.478 e. The molecule has 0 fully saturated rings. The Hall–Kier alpha value is -1.34. The number of unbranched alkanes of at least 4 members (excludes halogenated alkanes) is 1.